The lowest BCUT2D eigenvalue weighted by atomic mass is 10.2. The van der Waals surface area contributed by atoms with Crippen molar-refractivity contribution in [3.63, 3.8) is 0 Å². The molecule has 2 N–H and O–H groups in total. The van der Waals surface area contributed by atoms with Crippen LogP contribution in [0, 0.1) is 0 Å². The van der Waals surface area contributed by atoms with Crippen LogP contribution >= 0.6 is 27.3 Å². The molecule has 0 aliphatic heterocycles. The topological polar surface area (TPSA) is 41.5 Å². The van der Waals surface area contributed by atoms with Crippen LogP contribution in [-0.4, -0.2) is 30.0 Å². The van der Waals surface area contributed by atoms with E-state index in [9.17, 15) is 5.11 Å². The van der Waals surface area contributed by atoms with Crippen molar-refractivity contribution in [2.75, 3.05) is 13.2 Å². The number of hydrogen-bond acceptors (Lipinski definition) is 4. The summed E-state index contributed by atoms with van der Waals surface area (Å²) in [5.74, 6) is 0. The van der Waals surface area contributed by atoms with Gasteiger partial charge in [0.25, 0.3) is 0 Å². The van der Waals surface area contributed by atoms with Crippen molar-refractivity contribution in [3.05, 3.63) is 20.8 Å². The number of rotatable bonds is 6. The van der Waals surface area contributed by atoms with Gasteiger partial charge in [0.15, 0.2) is 0 Å². The Morgan fingerprint density at radius 1 is 1.47 bits per heavy atom. The second kappa shape index (κ2) is 6.85. The molecular formula is C12H20BrNO2S. The molecule has 0 spiro atoms. The summed E-state index contributed by atoms with van der Waals surface area (Å²) in [7, 11) is 0. The fraction of sp³-hybridized carbons (Fsp3) is 0.667. The van der Waals surface area contributed by atoms with Gasteiger partial charge in [-0.25, -0.2) is 0 Å². The Labute approximate surface area is 115 Å². The number of aliphatic hydroxyl groups is 1. The average Bonchev–Trinajstić information content (AvgIpc) is 2.60. The van der Waals surface area contributed by atoms with E-state index >= 15 is 0 Å². The molecule has 1 aromatic heterocycles. The molecule has 1 aromatic rings. The third kappa shape index (κ3) is 7.16. The summed E-state index contributed by atoms with van der Waals surface area (Å²) < 4.78 is 6.63. The molecule has 1 rings (SSSR count). The van der Waals surface area contributed by atoms with E-state index in [2.05, 4.69) is 27.3 Å². The highest BCUT2D eigenvalue weighted by Gasteiger charge is 2.13. The number of hydrogen-bond donors (Lipinski definition) is 2. The number of aliphatic hydroxyl groups excluding tert-OH is 1. The molecule has 0 aliphatic carbocycles. The van der Waals surface area contributed by atoms with Gasteiger partial charge in [0.1, 0.15) is 0 Å². The molecule has 3 nitrogen and oxygen atoms in total. The molecular weight excluding hydrogens is 302 g/mol. The molecule has 1 heterocycles. The maximum Gasteiger partial charge on any atom is 0.0898 e. The van der Waals surface area contributed by atoms with Crippen molar-refractivity contribution in [3.8, 4) is 0 Å². The summed E-state index contributed by atoms with van der Waals surface area (Å²) in [5, 5.41) is 12.9. The molecule has 98 valence electrons. The molecule has 1 atom stereocenters. The summed E-state index contributed by atoms with van der Waals surface area (Å²) in [4.78, 5) is 1.25. The molecule has 1 unspecified atom stereocenters. The zero-order chi connectivity index (χ0) is 12.9. The van der Waals surface area contributed by atoms with Gasteiger partial charge in [-0.15, -0.1) is 11.3 Å². The summed E-state index contributed by atoms with van der Waals surface area (Å²) >= 11 is 5.12. The van der Waals surface area contributed by atoms with E-state index in [0.29, 0.717) is 13.2 Å². The Balaban J connectivity index is 2.14. The molecule has 0 radical (unpaired) electrons. The van der Waals surface area contributed by atoms with Gasteiger partial charge in [0.2, 0.25) is 0 Å². The molecule has 0 fully saturated rings. The summed E-state index contributed by atoms with van der Waals surface area (Å²) in [5.41, 5.74) is -0.195. The van der Waals surface area contributed by atoms with Gasteiger partial charge >= 0.3 is 0 Å². The molecule has 0 saturated heterocycles. The van der Waals surface area contributed by atoms with Gasteiger partial charge in [-0.1, -0.05) is 0 Å². The van der Waals surface area contributed by atoms with E-state index in [0.717, 1.165) is 10.3 Å². The lowest BCUT2D eigenvalue weighted by Crippen LogP contribution is -2.33. The van der Waals surface area contributed by atoms with Crippen LogP contribution in [0.15, 0.2) is 15.9 Å². The van der Waals surface area contributed by atoms with E-state index in [1.807, 2.05) is 26.8 Å². The predicted molar refractivity (Wildman–Crippen MR) is 75.4 cm³/mol. The zero-order valence-electron chi connectivity index (χ0n) is 10.5. The number of halogens is 1. The van der Waals surface area contributed by atoms with Gasteiger partial charge in [-0.05, 0) is 48.8 Å². The molecule has 0 bridgehead atoms. The second-order valence-corrected chi connectivity index (χ2v) is 7.46. The normalized spacial score (nSPS) is 13.9. The van der Waals surface area contributed by atoms with Crippen molar-refractivity contribution < 1.29 is 9.84 Å². The number of thiophene rings is 1. The highest BCUT2D eigenvalue weighted by molar-refractivity contribution is 9.11. The molecule has 0 aliphatic rings. The van der Waals surface area contributed by atoms with Gasteiger partial charge in [0.05, 0.1) is 22.1 Å². The highest BCUT2D eigenvalue weighted by atomic mass is 79.9. The van der Waals surface area contributed by atoms with E-state index in [1.54, 1.807) is 11.3 Å². The highest BCUT2D eigenvalue weighted by Crippen LogP contribution is 2.21. The van der Waals surface area contributed by atoms with Crippen LogP contribution < -0.4 is 5.32 Å². The minimum Gasteiger partial charge on any atom is -0.389 e. The van der Waals surface area contributed by atoms with Crippen LogP contribution in [0.4, 0.5) is 0 Å². The SMILES string of the molecule is CC(C)(C)OCC(O)CNCc1ccc(Br)s1. The van der Waals surface area contributed by atoms with Crippen LogP contribution in [0.1, 0.15) is 25.6 Å². The monoisotopic (exact) mass is 321 g/mol. The maximum atomic E-state index is 9.70. The average molecular weight is 322 g/mol. The largest absolute Gasteiger partial charge is 0.389 e. The third-order valence-corrected chi connectivity index (χ3v) is 3.64. The summed E-state index contributed by atoms with van der Waals surface area (Å²) in [6.07, 6.45) is -0.461. The first-order chi connectivity index (χ1) is 7.87. The first-order valence-corrected chi connectivity index (χ1v) is 7.25. The van der Waals surface area contributed by atoms with Gasteiger partial charge in [-0.2, -0.15) is 0 Å². The quantitative estimate of drug-likeness (QED) is 0.846. The van der Waals surface area contributed by atoms with Crippen molar-refractivity contribution in [1.29, 1.82) is 0 Å². The van der Waals surface area contributed by atoms with Crippen molar-refractivity contribution in [2.24, 2.45) is 0 Å². The Bertz CT molecular complexity index is 335. The number of ether oxygens (including phenoxy) is 1. The Morgan fingerprint density at radius 2 is 2.18 bits per heavy atom. The lowest BCUT2D eigenvalue weighted by Gasteiger charge is -2.22. The Morgan fingerprint density at radius 3 is 2.71 bits per heavy atom. The zero-order valence-corrected chi connectivity index (χ0v) is 12.9. The smallest absolute Gasteiger partial charge is 0.0898 e. The van der Waals surface area contributed by atoms with E-state index in [4.69, 9.17) is 4.74 Å². The fourth-order valence-corrected chi connectivity index (χ4v) is 2.67. The molecule has 0 aromatic carbocycles. The molecule has 5 heteroatoms. The molecule has 0 amide bonds. The Kier molecular flexibility index (Phi) is 6.09. The first-order valence-electron chi connectivity index (χ1n) is 5.64. The fourth-order valence-electron chi connectivity index (χ4n) is 1.21. The third-order valence-electron chi connectivity index (χ3n) is 2.02. The van der Waals surface area contributed by atoms with Crippen molar-refractivity contribution >= 4 is 27.3 Å². The summed E-state index contributed by atoms with van der Waals surface area (Å²) in [6, 6.07) is 4.10. The van der Waals surface area contributed by atoms with E-state index < -0.39 is 6.10 Å². The minimum absolute atomic E-state index is 0.195. The van der Waals surface area contributed by atoms with Gasteiger partial charge in [0, 0.05) is 18.0 Å². The van der Waals surface area contributed by atoms with Crippen LogP contribution in [0.3, 0.4) is 0 Å². The van der Waals surface area contributed by atoms with E-state index in [-0.39, 0.29) is 5.60 Å². The lowest BCUT2D eigenvalue weighted by molar-refractivity contribution is -0.0479. The summed E-state index contributed by atoms with van der Waals surface area (Å²) in [6.45, 7) is 7.64. The van der Waals surface area contributed by atoms with Crippen LogP contribution in [0.25, 0.3) is 0 Å². The molecule has 17 heavy (non-hydrogen) atoms. The van der Waals surface area contributed by atoms with Crippen LogP contribution in [-0.2, 0) is 11.3 Å². The minimum atomic E-state index is -0.461. The maximum absolute atomic E-state index is 9.70. The molecule has 0 saturated carbocycles. The van der Waals surface area contributed by atoms with Crippen molar-refractivity contribution in [1.82, 2.24) is 5.32 Å². The van der Waals surface area contributed by atoms with Crippen LogP contribution in [0.5, 0.6) is 0 Å². The van der Waals surface area contributed by atoms with Crippen LogP contribution in [0.2, 0.25) is 0 Å². The Hall–Kier alpha value is 0.0600. The van der Waals surface area contributed by atoms with Gasteiger partial charge in [-0.3, -0.25) is 0 Å². The number of nitrogens with one attached hydrogen (secondary N) is 1. The van der Waals surface area contributed by atoms with Crippen molar-refractivity contribution in [2.45, 2.75) is 39.0 Å². The standard InChI is InChI=1S/C12H20BrNO2S/c1-12(2,3)16-8-9(15)6-14-7-10-4-5-11(13)17-10/h4-5,9,14-15H,6-8H2,1-3H3. The van der Waals surface area contributed by atoms with Gasteiger partial charge < -0.3 is 15.2 Å². The predicted octanol–water partition coefficient (Wildman–Crippen LogP) is 2.78. The first kappa shape index (κ1) is 15.1. The second-order valence-electron chi connectivity index (χ2n) is 4.91. The van der Waals surface area contributed by atoms with E-state index in [1.165, 1.54) is 4.88 Å².